The molecule has 2 aliphatic heterocycles. The summed E-state index contributed by atoms with van der Waals surface area (Å²) in [5, 5.41) is 0. The van der Waals surface area contributed by atoms with Crippen LogP contribution in [0.4, 0.5) is 0 Å². The lowest BCUT2D eigenvalue weighted by atomic mass is 10.2. The molecule has 0 aromatic carbocycles. The van der Waals surface area contributed by atoms with E-state index in [4.69, 9.17) is 0 Å². The van der Waals surface area contributed by atoms with Gasteiger partial charge < -0.3 is 19.6 Å². The molecule has 2 rings (SSSR count). The first-order valence-electron chi connectivity index (χ1n) is 7.56. The highest BCUT2D eigenvalue weighted by Gasteiger charge is 2.14. The van der Waals surface area contributed by atoms with Gasteiger partial charge in [0, 0.05) is 52.4 Å². The van der Waals surface area contributed by atoms with Crippen molar-refractivity contribution in [2.24, 2.45) is 0 Å². The summed E-state index contributed by atoms with van der Waals surface area (Å²) in [4.78, 5) is 10.1. The Balaban J connectivity index is 1.48. The van der Waals surface area contributed by atoms with Crippen LogP contribution in [-0.2, 0) is 0 Å². The molecule has 0 radical (unpaired) electrons. The average Bonchev–Trinajstić information content (AvgIpc) is 2.39. The zero-order valence-corrected chi connectivity index (χ0v) is 12.3. The van der Waals surface area contributed by atoms with E-state index in [1.54, 1.807) is 0 Å². The SMILES string of the molecule is CN1CCN(CCCCN2CCN(C)CC2)CC1. The van der Waals surface area contributed by atoms with E-state index in [9.17, 15) is 0 Å². The van der Waals surface area contributed by atoms with Gasteiger partial charge in [0.25, 0.3) is 0 Å². The maximum atomic E-state index is 2.63. The molecule has 0 N–H and O–H groups in total. The van der Waals surface area contributed by atoms with Gasteiger partial charge in [0.15, 0.2) is 0 Å². The van der Waals surface area contributed by atoms with Crippen molar-refractivity contribution in [3.05, 3.63) is 0 Å². The van der Waals surface area contributed by atoms with Crippen molar-refractivity contribution in [1.29, 1.82) is 0 Å². The van der Waals surface area contributed by atoms with Gasteiger partial charge in [0.05, 0.1) is 0 Å². The van der Waals surface area contributed by atoms with Crippen molar-refractivity contribution in [1.82, 2.24) is 19.6 Å². The monoisotopic (exact) mass is 254 g/mol. The molecule has 2 saturated heterocycles. The number of nitrogens with zero attached hydrogens (tertiary/aromatic N) is 4. The molecule has 0 bridgehead atoms. The van der Waals surface area contributed by atoms with Crippen molar-refractivity contribution < 1.29 is 0 Å². The Morgan fingerprint density at radius 3 is 1.22 bits per heavy atom. The number of unbranched alkanes of at least 4 members (excludes halogenated alkanes) is 1. The lowest BCUT2D eigenvalue weighted by Gasteiger charge is -2.33. The second kappa shape index (κ2) is 7.43. The van der Waals surface area contributed by atoms with Crippen LogP contribution in [0.1, 0.15) is 12.8 Å². The minimum atomic E-state index is 1.25. The first-order valence-corrected chi connectivity index (χ1v) is 7.56. The van der Waals surface area contributed by atoms with E-state index >= 15 is 0 Å². The van der Waals surface area contributed by atoms with Crippen molar-refractivity contribution in [3.8, 4) is 0 Å². The van der Waals surface area contributed by atoms with E-state index in [1.807, 2.05) is 0 Å². The molecule has 0 aliphatic carbocycles. The van der Waals surface area contributed by atoms with E-state index in [1.165, 1.54) is 78.3 Å². The number of hydrogen-bond acceptors (Lipinski definition) is 4. The topological polar surface area (TPSA) is 13.0 Å². The summed E-state index contributed by atoms with van der Waals surface area (Å²) in [6.07, 6.45) is 2.74. The zero-order chi connectivity index (χ0) is 12.8. The standard InChI is InChI=1S/C14H30N4/c1-15-7-11-17(12-8-15)5-3-4-6-18-13-9-16(2)10-14-18/h3-14H2,1-2H3. The fourth-order valence-corrected chi connectivity index (χ4v) is 2.81. The van der Waals surface area contributed by atoms with Crippen LogP contribution < -0.4 is 0 Å². The van der Waals surface area contributed by atoms with Crippen LogP contribution in [0, 0.1) is 0 Å². The average molecular weight is 254 g/mol. The van der Waals surface area contributed by atoms with Crippen molar-refractivity contribution in [3.63, 3.8) is 0 Å². The van der Waals surface area contributed by atoms with E-state index < -0.39 is 0 Å². The fourth-order valence-electron chi connectivity index (χ4n) is 2.81. The Labute approximate surface area is 113 Å². The van der Waals surface area contributed by atoms with Crippen molar-refractivity contribution >= 4 is 0 Å². The number of hydrogen-bond donors (Lipinski definition) is 0. The van der Waals surface area contributed by atoms with Crippen LogP contribution in [0.3, 0.4) is 0 Å². The smallest absolute Gasteiger partial charge is 0.0110 e. The largest absolute Gasteiger partial charge is 0.304 e. The van der Waals surface area contributed by atoms with Gasteiger partial charge in [-0.3, -0.25) is 0 Å². The van der Waals surface area contributed by atoms with Crippen LogP contribution in [0.5, 0.6) is 0 Å². The van der Waals surface area contributed by atoms with Crippen LogP contribution in [0.2, 0.25) is 0 Å². The molecule has 0 aromatic rings. The van der Waals surface area contributed by atoms with Gasteiger partial charge in [-0.25, -0.2) is 0 Å². The highest BCUT2D eigenvalue weighted by atomic mass is 15.3. The second-order valence-electron chi connectivity index (χ2n) is 6.00. The van der Waals surface area contributed by atoms with Crippen LogP contribution >= 0.6 is 0 Å². The van der Waals surface area contributed by atoms with Gasteiger partial charge in [0.1, 0.15) is 0 Å². The molecule has 2 heterocycles. The first kappa shape index (κ1) is 14.3. The molecule has 2 fully saturated rings. The first-order chi connectivity index (χ1) is 8.74. The fraction of sp³-hybridized carbons (Fsp3) is 1.00. The van der Waals surface area contributed by atoms with E-state index in [0.29, 0.717) is 0 Å². The zero-order valence-electron chi connectivity index (χ0n) is 12.3. The predicted molar refractivity (Wildman–Crippen MR) is 77.1 cm³/mol. The summed E-state index contributed by atoms with van der Waals surface area (Å²) >= 11 is 0. The van der Waals surface area contributed by atoms with Crippen LogP contribution in [0.25, 0.3) is 0 Å². The third-order valence-corrected chi connectivity index (χ3v) is 4.39. The van der Waals surface area contributed by atoms with Gasteiger partial charge >= 0.3 is 0 Å². The Kier molecular flexibility index (Phi) is 5.89. The van der Waals surface area contributed by atoms with Gasteiger partial charge in [-0.05, 0) is 40.0 Å². The Hall–Kier alpha value is -0.160. The maximum Gasteiger partial charge on any atom is 0.0110 e. The van der Waals surface area contributed by atoms with E-state index in [0.717, 1.165) is 0 Å². The van der Waals surface area contributed by atoms with E-state index in [-0.39, 0.29) is 0 Å². The molecule has 0 unspecified atom stereocenters. The molecule has 18 heavy (non-hydrogen) atoms. The lowest BCUT2D eigenvalue weighted by Crippen LogP contribution is -2.45. The Morgan fingerprint density at radius 2 is 0.889 bits per heavy atom. The Morgan fingerprint density at radius 1 is 0.556 bits per heavy atom. The molecule has 106 valence electrons. The highest BCUT2D eigenvalue weighted by molar-refractivity contribution is 4.71. The molecule has 4 nitrogen and oxygen atoms in total. The summed E-state index contributed by atoms with van der Waals surface area (Å²) in [7, 11) is 4.45. The predicted octanol–water partition coefficient (Wildman–Crippen LogP) is 0.261. The highest BCUT2D eigenvalue weighted by Crippen LogP contribution is 2.04. The van der Waals surface area contributed by atoms with Gasteiger partial charge in [0.2, 0.25) is 0 Å². The molecule has 0 saturated carbocycles. The summed E-state index contributed by atoms with van der Waals surface area (Å²) in [6, 6.07) is 0. The molecule has 4 heteroatoms. The number of likely N-dealkylation sites (N-methyl/N-ethyl adjacent to an activating group) is 2. The third-order valence-electron chi connectivity index (χ3n) is 4.39. The van der Waals surface area contributed by atoms with Crippen molar-refractivity contribution in [2.45, 2.75) is 12.8 Å². The lowest BCUT2D eigenvalue weighted by molar-refractivity contribution is 0.138. The molecule has 0 aromatic heterocycles. The quantitative estimate of drug-likeness (QED) is 0.653. The maximum absolute atomic E-state index is 2.63. The molecular formula is C14H30N4. The van der Waals surface area contributed by atoms with Gasteiger partial charge in [-0.2, -0.15) is 0 Å². The third kappa shape index (κ3) is 4.84. The Bertz CT molecular complexity index is 194. The molecule has 0 atom stereocenters. The normalized spacial score (nSPS) is 25.7. The minimum Gasteiger partial charge on any atom is -0.304 e. The van der Waals surface area contributed by atoms with E-state index in [2.05, 4.69) is 33.7 Å². The van der Waals surface area contributed by atoms with Crippen LogP contribution in [-0.4, -0.2) is 99.1 Å². The molecule has 2 aliphatic rings. The van der Waals surface area contributed by atoms with Crippen LogP contribution in [0.15, 0.2) is 0 Å². The summed E-state index contributed by atoms with van der Waals surface area (Å²) in [5.74, 6) is 0. The molecular weight excluding hydrogens is 224 g/mol. The summed E-state index contributed by atoms with van der Waals surface area (Å²) < 4.78 is 0. The summed E-state index contributed by atoms with van der Waals surface area (Å²) in [6.45, 7) is 12.7. The number of rotatable bonds is 5. The molecule has 0 spiro atoms. The van der Waals surface area contributed by atoms with Gasteiger partial charge in [-0.1, -0.05) is 0 Å². The number of piperazine rings is 2. The minimum absolute atomic E-state index is 1.25. The van der Waals surface area contributed by atoms with Gasteiger partial charge in [-0.15, -0.1) is 0 Å². The summed E-state index contributed by atoms with van der Waals surface area (Å²) in [5.41, 5.74) is 0. The van der Waals surface area contributed by atoms with Crippen molar-refractivity contribution in [2.75, 3.05) is 79.5 Å². The second-order valence-corrected chi connectivity index (χ2v) is 6.00. The molecule has 0 amide bonds.